The van der Waals surface area contributed by atoms with Gasteiger partial charge in [-0.3, -0.25) is 4.79 Å². The van der Waals surface area contributed by atoms with Crippen molar-refractivity contribution in [3.8, 4) is 0 Å². The third kappa shape index (κ3) is 1.81. The Balaban J connectivity index is 2.50. The molecular weight excluding hydrogens is 130 g/mol. The average Bonchev–Trinajstić information content (AvgIpc) is 2.03. The summed E-state index contributed by atoms with van der Waals surface area (Å²) in [4.78, 5) is 17.6. The molecule has 4 nitrogen and oxygen atoms in total. The minimum Gasteiger partial charge on any atom is -0.351 e. The second-order valence-electron chi connectivity index (χ2n) is 1.66. The van der Waals surface area contributed by atoms with Crippen LogP contribution in [0.25, 0.3) is 0 Å². The molecule has 0 radical (unpaired) electrons. The molecule has 0 aliphatic rings. The molecule has 1 aromatic heterocycles. The highest BCUT2D eigenvalue weighted by Gasteiger charge is 1.89. The zero-order chi connectivity index (χ0) is 7.23. The maximum absolute atomic E-state index is 9.81. The first-order valence-electron chi connectivity index (χ1n) is 2.86. The molecule has 52 valence electrons. The van der Waals surface area contributed by atoms with Crippen molar-refractivity contribution in [2.45, 2.75) is 6.54 Å². The lowest BCUT2D eigenvalue weighted by atomic mass is 10.5. The summed E-state index contributed by atoms with van der Waals surface area (Å²) in [5.41, 5.74) is 0. The molecule has 0 saturated carbocycles. The molecule has 0 aliphatic carbocycles. The Hall–Kier alpha value is -1.45. The van der Waals surface area contributed by atoms with Crippen LogP contribution in [0.3, 0.4) is 0 Å². The lowest BCUT2D eigenvalue weighted by Crippen LogP contribution is -2.11. The van der Waals surface area contributed by atoms with Gasteiger partial charge >= 0.3 is 0 Å². The molecule has 1 amide bonds. The predicted molar refractivity (Wildman–Crippen MR) is 34.9 cm³/mol. The summed E-state index contributed by atoms with van der Waals surface area (Å²) in [6.45, 7) is 0.393. The van der Waals surface area contributed by atoms with Crippen LogP contribution >= 0.6 is 0 Å². The van der Waals surface area contributed by atoms with Gasteiger partial charge in [-0.2, -0.15) is 0 Å². The van der Waals surface area contributed by atoms with Gasteiger partial charge in [0.05, 0.1) is 6.54 Å². The molecule has 0 bridgehead atoms. The number of carbonyl (C=O) groups is 1. The third-order valence-corrected chi connectivity index (χ3v) is 0.963. The van der Waals surface area contributed by atoms with E-state index in [2.05, 4.69) is 15.3 Å². The van der Waals surface area contributed by atoms with E-state index in [0.717, 1.165) is 0 Å². The molecule has 0 spiro atoms. The highest BCUT2D eigenvalue weighted by atomic mass is 16.1. The first kappa shape index (κ1) is 6.67. The summed E-state index contributed by atoms with van der Waals surface area (Å²) in [7, 11) is 0. The highest BCUT2D eigenvalue weighted by molar-refractivity contribution is 5.45. The van der Waals surface area contributed by atoms with Crippen molar-refractivity contribution in [2.75, 3.05) is 0 Å². The monoisotopic (exact) mass is 137 g/mol. The fraction of sp³-hybridized carbons (Fsp3) is 0.167. The fourth-order valence-corrected chi connectivity index (χ4v) is 0.554. The van der Waals surface area contributed by atoms with Gasteiger partial charge in [-0.15, -0.1) is 0 Å². The van der Waals surface area contributed by atoms with Gasteiger partial charge in [-0.05, 0) is 6.07 Å². The molecule has 0 atom stereocenters. The zero-order valence-corrected chi connectivity index (χ0v) is 5.32. The topological polar surface area (TPSA) is 54.9 Å². The van der Waals surface area contributed by atoms with E-state index in [4.69, 9.17) is 0 Å². The Kier molecular flexibility index (Phi) is 2.37. The molecule has 0 aromatic carbocycles. The molecule has 1 N–H and O–H groups in total. The average molecular weight is 137 g/mol. The third-order valence-electron chi connectivity index (χ3n) is 0.963. The van der Waals surface area contributed by atoms with Gasteiger partial charge in [0.1, 0.15) is 5.82 Å². The van der Waals surface area contributed by atoms with Crippen molar-refractivity contribution in [1.29, 1.82) is 0 Å². The highest BCUT2D eigenvalue weighted by Crippen LogP contribution is 1.83. The van der Waals surface area contributed by atoms with Crippen LogP contribution < -0.4 is 5.32 Å². The molecule has 0 unspecified atom stereocenters. The standard InChI is InChI=1S/C6H7N3O/c10-5-7-4-6-8-2-1-3-9-6/h1-3,5H,4H2,(H,7,10). The van der Waals surface area contributed by atoms with E-state index in [-0.39, 0.29) is 0 Å². The predicted octanol–water partition coefficient (Wildman–Crippen LogP) is -0.277. The minimum absolute atomic E-state index is 0.393. The van der Waals surface area contributed by atoms with Crippen LogP contribution in [0.4, 0.5) is 0 Å². The van der Waals surface area contributed by atoms with Gasteiger partial charge in [0.25, 0.3) is 0 Å². The number of amides is 1. The number of nitrogens with zero attached hydrogens (tertiary/aromatic N) is 2. The Morgan fingerprint density at radius 1 is 1.50 bits per heavy atom. The van der Waals surface area contributed by atoms with Crippen molar-refractivity contribution >= 4 is 6.41 Å². The Morgan fingerprint density at radius 2 is 2.20 bits per heavy atom. The molecule has 0 aliphatic heterocycles. The summed E-state index contributed by atoms with van der Waals surface area (Å²) in [5.74, 6) is 0.620. The van der Waals surface area contributed by atoms with Crippen molar-refractivity contribution in [1.82, 2.24) is 15.3 Å². The number of hydrogen-bond donors (Lipinski definition) is 1. The van der Waals surface area contributed by atoms with Crippen molar-refractivity contribution < 1.29 is 4.79 Å². The molecule has 0 saturated heterocycles. The van der Waals surface area contributed by atoms with E-state index in [0.29, 0.717) is 18.8 Å². The fourth-order valence-electron chi connectivity index (χ4n) is 0.554. The van der Waals surface area contributed by atoms with Crippen LogP contribution in [-0.4, -0.2) is 16.4 Å². The van der Waals surface area contributed by atoms with E-state index in [1.807, 2.05) is 0 Å². The zero-order valence-electron chi connectivity index (χ0n) is 5.32. The summed E-state index contributed by atoms with van der Waals surface area (Å²) >= 11 is 0. The lowest BCUT2D eigenvalue weighted by molar-refractivity contribution is -0.109. The van der Waals surface area contributed by atoms with Crippen molar-refractivity contribution in [3.63, 3.8) is 0 Å². The van der Waals surface area contributed by atoms with E-state index in [9.17, 15) is 4.79 Å². The van der Waals surface area contributed by atoms with Crippen molar-refractivity contribution in [2.24, 2.45) is 0 Å². The SMILES string of the molecule is O=CNCc1ncccn1. The number of carbonyl (C=O) groups excluding carboxylic acids is 1. The van der Waals surface area contributed by atoms with Gasteiger partial charge in [-0.1, -0.05) is 0 Å². The molecule has 1 rings (SSSR count). The van der Waals surface area contributed by atoms with Gasteiger partial charge in [0, 0.05) is 12.4 Å². The van der Waals surface area contributed by atoms with Crippen LogP contribution in [0.2, 0.25) is 0 Å². The first-order valence-corrected chi connectivity index (χ1v) is 2.86. The first-order chi connectivity index (χ1) is 4.93. The van der Waals surface area contributed by atoms with E-state index >= 15 is 0 Å². The Morgan fingerprint density at radius 3 is 2.80 bits per heavy atom. The summed E-state index contributed by atoms with van der Waals surface area (Å²) in [5, 5.41) is 2.46. The largest absolute Gasteiger partial charge is 0.351 e. The molecule has 4 heteroatoms. The minimum atomic E-state index is 0.393. The number of rotatable bonds is 3. The second-order valence-corrected chi connectivity index (χ2v) is 1.66. The summed E-state index contributed by atoms with van der Waals surface area (Å²) in [6.07, 6.45) is 3.89. The van der Waals surface area contributed by atoms with E-state index < -0.39 is 0 Å². The molecular formula is C6H7N3O. The molecule has 1 heterocycles. The lowest BCUT2D eigenvalue weighted by Gasteiger charge is -1.94. The van der Waals surface area contributed by atoms with Crippen molar-refractivity contribution in [3.05, 3.63) is 24.3 Å². The Bertz CT molecular complexity index is 199. The van der Waals surface area contributed by atoms with E-state index in [1.54, 1.807) is 18.5 Å². The molecule has 0 fully saturated rings. The van der Waals surface area contributed by atoms with Crippen LogP contribution in [0.5, 0.6) is 0 Å². The Labute approximate surface area is 58.3 Å². The van der Waals surface area contributed by atoms with Gasteiger partial charge in [0.15, 0.2) is 0 Å². The maximum Gasteiger partial charge on any atom is 0.207 e. The number of aromatic nitrogens is 2. The van der Waals surface area contributed by atoms with E-state index in [1.165, 1.54) is 0 Å². The smallest absolute Gasteiger partial charge is 0.207 e. The number of hydrogen-bond acceptors (Lipinski definition) is 3. The van der Waals surface area contributed by atoms with Crippen LogP contribution in [-0.2, 0) is 11.3 Å². The van der Waals surface area contributed by atoms with Crippen LogP contribution in [0, 0.1) is 0 Å². The van der Waals surface area contributed by atoms with Gasteiger partial charge in [-0.25, -0.2) is 9.97 Å². The molecule has 1 aromatic rings. The summed E-state index contributed by atoms with van der Waals surface area (Å²) in [6, 6.07) is 1.73. The second kappa shape index (κ2) is 3.55. The summed E-state index contributed by atoms with van der Waals surface area (Å²) < 4.78 is 0. The number of nitrogens with one attached hydrogen (secondary N) is 1. The van der Waals surface area contributed by atoms with Gasteiger partial charge < -0.3 is 5.32 Å². The normalized spacial score (nSPS) is 8.80. The molecule has 10 heavy (non-hydrogen) atoms. The quantitative estimate of drug-likeness (QED) is 0.583. The maximum atomic E-state index is 9.81. The van der Waals surface area contributed by atoms with Crippen LogP contribution in [0.1, 0.15) is 5.82 Å². The van der Waals surface area contributed by atoms with Crippen LogP contribution in [0.15, 0.2) is 18.5 Å². The van der Waals surface area contributed by atoms with Gasteiger partial charge in [0.2, 0.25) is 6.41 Å².